The van der Waals surface area contributed by atoms with Gasteiger partial charge in [0, 0.05) is 36.1 Å². The first kappa shape index (κ1) is 35.6. The molecule has 0 saturated carbocycles. The van der Waals surface area contributed by atoms with Crippen molar-refractivity contribution >= 4 is 51.0 Å². The number of aromatic nitrogens is 2. The smallest absolute Gasteiger partial charge is 0.137 e. The molecule has 1 unspecified atom stereocenters. The summed E-state index contributed by atoms with van der Waals surface area (Å²) in [6.45, 7) is 7.80. The zero-order chi connectivity index (χ0) is 41.0. The van der Waals surface area contributed by atoms with Crippen molar-refractivity contribution in [2.45, 2.75) is 31.6 Å². The van der Waals surface area contributed by atoms with Crippen molar-refractivity contribution in [2.24, 2.45) is 0 Å². The van der Waals surface area contributed by atoms with Gasteiger partial charge in [0.25, 0.3) is 0 Å². The molecule has 0 fully saturated rings. The fourth-order valence-electron chi connectivity index (χ4n) is 10.6. The van der Waals surface area contributed by atoms with Crippen LogP contribution in [-0.2, 0) is 10.8 Å². The van der Waals surface area contributed by atoms with E-state index in [9.17, 15) is 0 Å². The Bertz CT molecular complexity index is 3270. The van der Waals surface area contributed by atoms with Crippen LogP contribution >= 0.6 is 0 Å². The van der Waals surface area contributed by atoms with Crippen LogP contribution in [0.15, 0.2) is 170 Å². The standard InChI is InChI=1S/C56H44N4O/c1-55(2,3)45-18-12-16-38-25-23-37-24-26-39(36-14-6-5-7-15-36)32-47(37)56(53(38)45)44-30-28-41(34-51(44)59-35-58(4)49-21-13-19-46(56)54(49)59)61-40-27-29-43-42-17-8-9-20-48(42)60(50(43)33-40)52-22-10-11-31-57-52/h5-34H,35H2,1-4H3. The Labute approximate surface area is 356 Å². The summed E-state index contributed by atoms with van der Waals surface area (Å²) in [6, 6.07) is 59.6. The van der Waals surface area contributed by atoms with Crippen molar-refractivity contribution in [3.63, 3.8) is 0 Å². The van der Waals surface area contributed by atoms with Gasteiger partial charge in [-0.15, -0.1) is 0 Å². The molecule has 0 bridgehead atoms. The van der Waals surface area contributed by atoms with E-state index in [0.29, 0.717) is 0 Å². The van der Waals surface area contributed by atoms with Crippen molar-refractivity contribution < 1.29 is 4.74 Å². The van der Waals surface area contributed by atoms with E-state index < -0.39 is 5.41 Å². The van der Waals surface area contributed by atoms with Gasteiger partial charge in [0.05, 0.1) is 40.2 Å². The Hall–Kier alpha value is -7.37. The summed E-state index contributed by atoms with van der Waals surface area (Å²) < 4.78 is 9.21. The summed E-state index contributed by atoms with van der Waals surface area (Å²) in [7, 11) is 2.21. The molecule has 4 heterocycles. The lowest BCUT2D eigenvalue weighted by atomic mass is 9.58. The van der Waals surface area contributed by atoms with Crippen LogP contribution in [0, 0.1) is 0 Å². The molecule has 0 N–H and O–H groups in total. The fourth-order valence-corrected chi connectivity index (χ4v) is 10.6. The number of fused-ring (bicyclic) bond motifs is 11. The quantitative estimate of drug-likeness (QED) is 0.178. The molecule has 2 aliphatic heterocycles. The number of hydrogen-bond donors (Lipinski definition) is 0. The van der Waals surface area contributed by atoms with Crippen molar-refractivity contribution in [2.75, 3.05) is 23.5 Å². The molecule has 12 rings (SSSR count). The molecule has 2 aromatic heterocycles. The maximum atomic E-state index is 6.97. The zero-order valence-electron chi connectivity index (χ0n) is 34.7. The summed E-state index contributed by atoms with van der Waals surface area (Å²) >= 11 is 0. The van der Waals surface area contributed by atoms with Gasteiger partial charge in [-0.05, 0) is 104 Å². The van der Waals surface area contributed by atoms with Crippen molar-refractivity contribution in [1.29, 1.82) is 0 Å². The average molecular weight is 789 g/mol. The van der Waals surface area contributed by atoms with E-state index in [1.807, 2.05) is 18.3 Å². The molecule has 5 nitrogen and oxygen atoms in total. The number of pyridine rings is 1. The Kier molecular flexibility index (Phi) is 7.62. The monoisotopic (exact) mass is 788 g/mol. The number of rotatable bonds is 4. The van der Waals surface area contributed by atoms with Gasteiger partial charge < -0.3 is 14.5 Å². The van der Waals surface area contributed by atoms with Crippen LogP contribution in [0.1, 0.15) is 59.7 Å². The topological polar surface area (TPSA) is 33.5 Å². The molecule has 61 heavy (non-hydrogen) atoms. The molecule has 1 atom stereocenters. The van der Waals surface area contributed by atoms with Crippen LogP contribution in [0.4, 0.5) is 17.1 Å². The highest BCUT2D eigenvalue weighted by Gasteiger charge is 2.52. The van der Waals surface area contributed by atoms with Crippen LogP contribution in [-0.4, -0.2) is 23.3 Å². The summed E-state index contributed by atoms with van der Waals surface area (Å²) in [5.74, 6) is 2.44. The van der Waals surface area contributed by atoms with Crippen molar-refractivity contribution in [3.8, 4) is 28.4 Å². The van der Waals surface area contributed by atoms with Gasteiger partial charge in [-0.1, -0.05) is 136 Å². The SMILES string of the molecule is CN1CN2c3cc(Oc4ccc5c6ccccc6n(-c6ccccn6)c5c4)ccc3C3(c4cc(-c5ccccc5)ccc4C=Cc4cccc(C(C)(C)C)c43)c3cccc1c32. The predicted molar refractivity (Wildman–Crippen MR) is 252 cm³/mol. The van der Waals surface area contributed by atoms with Gasteiger partial charge in [-0.2, -0.15) is 0 Å². The van der Waals surface area contributed by atoms with Crippen molar-refractivity contribution in [3.05, 3.63) is 209 Å². The second-order valence-corrected chi connectivity index (χ2v) is 17.7. The summed E-state index contributed by atoms with van der Waals surface area (Å²) in [6.07, 6.45) is 6.53. The number of hydrogen-bond acceptors (Lipinski definition) is 4. The first-order valence-corrected chi connectivity index (χ1v) is 21.2. The van der Waals surface area contributed by atoms with E-state index in [2.05, 4.69) is 206 Å². The predicted octanol–water partition coefficient (Wildman–Crippen LogP) is 13.7. The number of nitrogens with zero attached hydrogens (tertiary/aromatic N) is 4. The normalized spacial score (nSPS) is 16.1. The highest BCUT2D eigenvalue weighted by Crippen LogP contribution is 2.63. The van der Waals surface area contributed by atoms with Crippen LogP contribution in [0.25, 0.3) is 50.9 Å². The lowest BCUT2D eigenvalue weighted by molar-refractivity contribution is 0.482. The van der Waals surface area contributed by atoms with Gasteiger partial charge in [-0.25, -0.2) is 4.98 Å². The lowest BCUT2D eigenvalue weighted by Crippen LogP contribution is -2.41. The molecule has 9 aromatic rings. The maximum absolute atomic E-state index is 6.97. The highest BCUT2D eigenvalue weighted by atomic mass is 16.5. The minimum absolute atomic E-state index is 0.140. The van der Waals surface area contributed by atoms with Crippen LogP contribution in [0.5, 0.6) is 11.5 Å². The van der Waals surface area contributed by atoms with Crippen molar-refractivity contribution in [1.82, 2.24) is 9.55 Å². The van der Waals surface area contributed by atoms with E-state index in [-0.39, 0.29) is 5.41 Å². The first-order valence-electron chi connectivity index (χ1n) is 21.2. The summed E-state index contributed by atoms with van der Waals surface area (Å²) in [5.41, 5.74) is 16.4. The first-order chi connectivity index (χ1) is 29.8. The molecule has 1 spiro atoms. The summed E-state index contributed by atoms with van der Waals surface area (Å²) in [4.78, 5) is 9.66. The maximum Gasteiger partial charge on any atom is 0.137 e. The number of para-hydroxylation sites is 2. The number of benzene rings is 7. The molecule has 3 aliphatic rings. The minimum atomic E-state index is -0.660. The third-order valence-electron chi connectivity index (χ3n) is 13.2. The molecular formula is C56H44N4O. The second kappa shape index (κ2) is 13.1. The van der Waals surface area contributed by atoms with E-state index >= 15 is 0 Å². The van der Waals surface area contributed by atoms with Gasteiger partial charge in [-0.3, -0.25) is 4.57 Å². The van der Waals surface area contributed by atoms with E-state index in [4.69, 9.17) is 9.72 Å². The van der Waals surface area contributed by atoms with E-state index in [1.54, 1.807) is 0 Å². The lowest BCUT2D eigenvalue weighted by Gasteiger charge is -2.47. The Morgan fingerprint density at radius 1 is 0.574 bits per heavy atom. The average Bonchev–Trinajstić information content (AvgIpc) is 3.76. The third kappa shape index (κ3) is 5.16. The Morgan fingerprint density at radius 2 is 1.34 bits per heavy atom. The largest absolute Gasteiger partial charge is 0.457 e. The molecular weight excluding hydrogens is 745 g/mol. The molecule has 7 aromatic carbocycles. The van der Waals surface area contributed by atoms with Gasteiger partial charge in [0.2, 0.25) is 0 Å². The fraction of sp³-hybridized carbons (Fsp3) is 0.125. The van der Waals surface area contributed by atoms with Crippen LogP contribution in [0.3, 0.4) is 0 Å². The van der Waals surface area contributed by atoms with Gasteiger partial charge >= 0.3 is 0 Å². The highest BCUT2D eigenvalue weighted by molar-refractivity contribution is 6.09. The Morgan fingerprint density at radius 3 is 2.20 bits per heavy atom. The van der Waals surface area contributed by atoms with E-state index in [1.165, 1.54) is 66.8 Å². The zero-order valence-corrected chi connectivity index (χ0v) is 34.7. The van der Waals surface area contributed by atoms with Gasteiger partial charge in [0.15, 0.2) is 0 Å². The third-order valence-corrected chi connectivity index (χ3v) is 13.2. The van der Waals surface area contributed by atoms with Gasteiger partial charge in [0.1, 0.15) is 17.3 Å². The molecule has 0 radical (unpaired) electrons. The number of anilines is 3. The minimum Gasteiger partial charge on any atom is -0.457 e. The molecule has 0 saturated heterocycles. The molecule has 0 amide bonds. The van der Waals surface area contributed by atoms with Crippen LogP contribution < -0.4 is 14.5 Å². The summed E-state index contributed by atoms with van der Waals surface area (Å²) in [5, 5.41) is 2.35. The van der Waals surface area contributed by atoms with E-state index in [0.717, 1.165) is 46.1 Å². The Balaban J connectivity index is 1.12. The molecule has 5 heteroatoms. The molecule has 1 aliphatic carbocycles. The molecule has 294 valence electrons. The number of ether oxygens (including phenoxy) is 1. The van der Waals surface area contributed by atoms with Crippen LogP contribution in [0.2, 0.25) is 0 Å². The second-order valence-electron chi connectivity index (χ2n) is 17.7.